The van der Waals surface area contributed by atoms with Gasteiger partial charge in [-0.1, -0.05) is 59.1 Å². The number of fused-ring (bicyclic) bond motifs is 1. The summed E-state index contributed by atoms with van der Waals surface area (Å²) in [5.41, 5.74) is 4.54. The van der Waals surface area contributed by atoms with E-state index in [-0.39, 0.29) is 5.91 Å². The number of carbonyl (C=O) groups excluding carboxylic acids is 1. The van der Waals surface area contributed by atoms with Crippen molar-refractivity contribution >= 4 is 40.7 Å². The quantitative estimate of drug-likeness (QED) is 0.278. The average Bonchev–Trinajstić information content (AvgIpc) is 3.42. The van der Waals surface area contributed by atoms with Gasteiger partial charge in [0.25, 0.3) is 5.91 Å². The molecule has 184 valence electrons. The second-order valence-corrected chi connectivity index (χ2v) is 9.65. The first-order chi connectivity index (χ1) is 17.4. The lowest BCUT2D eigenvalue weighted by Crippen LogP contribution is -2.31. The number of hydrogen-bond acceptors (Lipinski definition) is 4. The fourth-order valence-corrected chi connectivity index (χ4v) is 5.23. The van der Waals surface area contributed by atoms with Gasteiger partial charge in [0.15, 0.2) is 11.5 Å². The van der Waals surface area contributed by atoms with Gasteiger partial charge in [-0.3, -0.25) is 9.89 Å². The number of nitrogens with zero attached hydrogens (tertiary/aromatic N) is 2. The molecule has 1 unspecified atom stereocenters. The van der Waals surface area contributed by atoms with E-state index < -0.39 is 6.04 Å². The van der Waals surface area contributed by atoms with Crippen LogP contribution in [0.2, 0.25) is 15.1 Å². The molecule has 6 nitrogen and oxygen atoms in total. The molecule has 0 saturated carbocycles. The topological polar surface area (TPSA) is 67.5 Å². The third-order valence-corrected chi connectivity index (χ3v) is 7.14. The van der Waals surface area contributed by atoms with Crippen LogP contribution in [0.3, 0.4) is 0 Å². The average molecular weight is 543 g/mol. The predicted octanol–water partition coefficient (Wildman–Crippen LogP) is 6.84. The van der Waals surface area contributed by atoms with Crippen molar-refractivity contribution in [3.8, 4) is 22.8 Å². The summed E-state index contributed by atoms with van der Waals surface area (Å²) in [6.07, 6.45) is 0.599. The zero-order valence-corrected chi connectivity index (χ0v) is 21.8. The number of nitrogens with one attached hydrogen (secondary N) is 1. The fraction of sp³-hybridized carbons (Fsp3) is 0.185. The van der Waals surface area contributed by atoms with Crippen LogP contribution >= 0.6 is 34.8 Å². The largest absolute Gasteiger partial charge is 0.493 e. The van der Waals surface area contributed by atoms with Crippen LogP contribution < -0.4 is 9.47 Å². The van der Waals surface area contributed by atoms with Gasteiger partial charge in [0.05, 0.1) is 26.0 Å². The molecule has 9 heteroatoms. The highest BCUT2D eigenvalue weighted by molar-refractivity contribution is 6.35. The van der Waals surface area contributed by atoms with Crippen LogP contribution in [0.5, 0.6) is 11.5 Å². The van der Waals surface area contributed by atoms with Crippen molar-refractivity contribution in [2.75, 3.05) is 20.8 Å². The number of rotatable bonds is 7. The van der Waals surface area contributed by atoms with E-state index in [1.165, 1.54) is 0 Å². The summed E-state index contributed by atoms with van der Waals surface area (Å²) in [7, 11) is 3.20. The first-order valence-electron chi connectivity index (χ1n) is 11.2. The summed E-state index contributed by atoms with van der Waals surface area (Å²) in [6.45, 7) is 0.445. The van der Waals surface area contributed by atoms with Crippen molar-refractivity contribution in [2.45, 2.75) is 12.5 Å². The smallest absolute Gasteiger partial charge is 0.273 e. The van der Waals surface area contributed by atoms with Gasteiger partial charge < -0.3 is 14.4 Å². The lowest BCUT2D eigenvalue weighted by atomic mass is 9.96. The standard InChI is InChI=1S/C27H22Cl3N3O3/c1-35-21-10-3-15(13-22(21)36-2)11-12-33-26(19-9-8-18(29)14-20(19)30)23-24(31-32-25(23)27(33)34)16-4-6-17(28)7-5-16/h3-10,13-14,26H,11-12H2,1-2H3,(H,31,32). The number of halogens is 3. The zero-order valence-electron chi connectivity index (χ0n) is 19.5. The normalized spacial score (nSPS) is 14.8. The second-order valence-electron chi connectivity index (χ2n) is 8.37. The maximum atomic E-state index is 13.6. The van der Waals surface area contributed by atoms with Gasteiger partial charge in [0, 0.05) is 32.7 Å². The Labute approximate surface area is 223 Å². The Hall–Kier alpha value is -3.19. The van der Waals surface area contributed by atoms with E-state index in [9.17, 15) is 4.79 Å². The molecule has 0 fully saturated rings. The summed E-state index contributed by atoms with van der Waals surface area (Å²) in [5, 5.41) is 9.08. The summed E-state index contributed by atoms with van der Waals surface area (Å²) >= 11 is 19.0. The molecular formula is C27H22Cl3N3O3. The van der Waals surface area contributed by atoms with E-state index in [2.05, 4.69) is 10.2 Å². The molecule has 3 aromatic carbocycles. The number of carbonyl (C=O) groups is 1. The van der Waals surface area contributed by atoms with E-state index >= 15 is 0 Å². The first-order valence-corrected chi connectivity index (χ1v) is 12.4. The Morgan fingerprint density at radius 1 is 0.917 bits per heavy atom. The van der Waals surface area contributed by atoms with Crippen LogP contribution in [-0.4, -0.2) is 41.8 Å². The lowest BCUT2D eigenvalue weighted by molar-refractivity contribution is 0.0746. The maximum absolute atomic E-state index is 13.6. The molecular weight excluding hydrogens is 521 g/mol. The van der Waals surface area contributed by atoms with Crippen LogP contribution in [0.15, 0.2) is 60.7 Å². The number of aromatic amines is 1. The Morgan fingerprint density at radius 3 is 2.33 bits per heavy atom. The number of amides is 1. The highest BCUT2D eigenvalue weighted by atomic mass is 35.5. The van der Waals surface area contributed by atoms with Crippen molar-refractivity contribution in [2.24, 2.45) is 0 Å². The first kappa shape index (κ1) is 24.5. The lowest BCUT2D eigenvalue weighted by Gasteiger charge is -2.27. The number of hydrogen-bond donors (Lipinski definition) is 1. The van der Waals surface area contributed by atoms with Crippen LogP contribution in [0, 0.1) is 0 Å². The summed E-state index contributed by atoms with van der Waals surface area (Å²) < 4.78 is 10.8. The van der Waals surface area contributed by atoms with E-state index in [0.29, 0.717) is 50.9 Å². The van der Waals surface area contributed by atoms with Gasteiger partial charge in [0.1, 0.15) is 5.69 Å². The van der Waals surface area contributed by atoms with Gasteiger partial charge in [-0.25, -0.2) is 0 Å². The molecule has 1 amide bonds. The molecule has 1 aliphatic heterocycles. The number of H-pyrrole nitrogens is 1. The van der Waals surface area contributed by atoms with Crippen molar-refractivity contribution in [1.82, 2.24) is 15.1 Å². The predicted molar refractivity (Wildman–Crippen MR) is 142 cm³/mol. The molecule has 0 bridgehead atoms. The van der Waals surface area contributed by atoms with E-state index in [4.69, 9.17) is 44.3 Å². The van der Waals surface area contributed by atoms with Crippen LogP contribution in [0.1, 0.15) is 33.2 Å². The minimum atomic E-state index is -0.443. The third kappa shape index (κ3) is 4.41. The van der Waals surface area contributed by atoms with Gasteiger partial charge in [0.2, 0.25) is 0 Å². The highest BCUT2D eigenvalue weighted by Crippen LogP contribution is 2.45. The van der Waals surface area contributed by atoms with Crippen molar-refractivity contribution in [3.05, 3.63) is 98.1 Å². The minimum Gasteiger partial charge on any atom is -0.493 e. The molecule has 0 radical (unpaired) electrons. The number of aromatic nitrogens is 2. The second kappa shape index (κ2) is 10.1. The van der Waals surface area contributed by atoms with Gasteiger partial charge >= 0.3 is 0 Å². The molecule has 0 spiro atoms. The van der Waals surface area contributed by atoms with Crippen molar-refractivity contribution in [3.63, 3.8) is 0 Å². The summed E-state index contributed by atoms with van der Waals surface area (Å²) in [6, 6.07) is 18.0. The summed E-state index contributed by atoms with van der Waals surface area (Å²) in [5.74, 6) is 1.15. The minimum absolute atomic E-state index is 0.144. The molecule has 0 saturated heterocycles. The Kier molecular flexibility index (Phi) is 6.84. The maximum Gasteiger partial charge on any atom is 0.273 e. The third-order valence-electron chi connectivity index (χ3n) is 6.33. The fourth-order valence-electron chi connectivity index (χ4n) is 4.59. The highest BCUT2D eigenvalue weighted by Gasteiger charge is 2.42. The molecule has 4 aromatic rings. The molecule has 1 aromatic heterocycles. The Bertz CT molecular complexity index is 1440. The van der Waals surface area contributed by atoms with Gasteiger partial charge in [-0.15, -0.1) is 0 Å². The molecule has 5 rings (SSSR count). The zero-order chi connectivity index (χ0) is 25.4. The van der Waals surface area contributed by atoms with Crippen LogP contribution in [0.25, 0.3) is 11.3 Å². The van der Waals surface area contributed by atoms with Gasteiger partial charge in [-0.05, 0) is 53.9 Å². The van der Waals surface area contributed by atoms with E-state index in [1.807, 2.05) is 41.3 Å². The van der Waals surface area contributed by atoms with Crippen molar-refractivity contribution < 1.29 is 14.3 Å². The number of benzene rings is 3. The molecule has 2 heterocycles. The number of methoxy groups -OCH3 is 2. The van der Waals surface area contributed by atoms with E-state index in [0.717, 1.165) is 22.3 Å². The van der Waals surface area contributed by atoms with Crippen LogP contribution in [-0.2, 0) is 6.42 Å². The van der Waals surface area contributed by atoms with Gasteiger partial charge in [-0.2, -0.15) is 5.10 Å². The summed E-state index contributed by atoms with van der Waals surface area (Å²) in [4.78, 5) is 15.4. The van der Waals surface area contributed by atoms with Crippen LogP contribution in [0.4, 0.5) is 0 Å². The monoisotopic (exact) mass is 541 g/mol. The Morgan fingerprint density at radius 2 is 1.64 bits per heavy atom. The molecule has 36 heavy (non-hydrogen) atoms. The number of ether oxygens (including phenoxy) is 2. The molecule has 1 aliphatic rings. The SMILES string of the molecule is COc1ccc(CCN2C(=O)c3[nH]nc(-c4ccc(Cl)cc4)c3C2c2ccc(Cl)cc2Cl)cc1OC. The van der Waals surface area contributed by atoms with Crippen molar-refractivity contribution in [1.29, 1.82) is 0 Å². The molecule has 0 aliphatic carbocycles. The molecule has 1 atom stereocenters. The van der Waals surface area contributed by atoms with E-state index in [1.54, 1.807) is 38.5 Å². The molecule has 1 N–H and O–H groups in total. The Balaban J connectivity index is 1.55.